The average Bonchev–Trinajstić information content (AvgIpc) is 2.73. The highest BCUT2D eigenvalue weighted by Crippen LogP contribution is 2.34. The van der Waals surface area contributed by atoms with Gasteiger partial charge in [-0.2, -0.15) is 0 Å². The van der Waals surface area contributed by atoms with E-state index in [2.05, 4.69) is 58.2 Å². The minimum absolute atomic E-state index is 0.267. The zero-order valence-electron chi connectivity index (χ0n) is 16.9. The van der Waals surface area contributed by atoms with Gasteiger partial charge in [-0.25, -0.2) is 0 Å². The van der Waals surface area contributed by atoms with E-state index in [1.807, 2.05) is 36.4 Å². The summed E-state index contributed by atoms with van der Waals surface area (Å²) in [5, 5.41) is 0. The summed E-state index contributed by atoms with van der Waals surface area (Å²) < 4.78 is 12.8. The summed E-state index contributed by atoms with van der Waals surface area (Å²) in [6.45, 7) is 15.7. The lowest BCUT2D eigenvalue weighted by Crippen LogP contribution is -2.35. The Balaban J connectivity index is 2.19. The highest BCUT2D eigenvalue weighted by atomic mass is 28.4. The fraction of sp³-hybridized carbons (Fsp3) is 0.333. The molecule has 0 aliphatic carbocycles. The van der Waals surface area contributed by atoms with Crippen molar-refractivity contribution in [3.8, 4) is 0 Å². The Morgan fingerprint density at radius 2 is 1.37 bits per heavy atom. The van der Waals surface area contributed by atoms with Crippen molar-refractivity contribution in [2.45, 2.75) is 51.6 Å². The summed E-state index contributed by atoms with van der Waals surface area (Å²) in [6.07, 6.45) is -0.267. The molecule has 1 atom stereocenters. The molecular weight excluding hydrogens is 348 g/mol. The summed E-state index contributed by atoms with van der Waals surface area (Å²) in [7, 11) is -1.79. The van der Waals surface area contributed by atoms with E-state index in [4.69, 9.17) is 9.16 Å². The summed E-state index contributed by atoms with van der Waals surface area (Å²) in [4.78, 5) is 0. The minimum atomic E-state index is -1.79. The van der Waals surface area contributed by atoms with Crippen LogP contribution < -0.4 is 0 Å². The van der Waals surface area contributed by atoms with Crippen LogP contribution in [0.25, 0.3) is 0 Å². The van der Waals surface area contributed by atoms with Crippen LogP contribution in [0.5, 0.6) is 0 Å². The molecule has 144 valence electrons. The lowest BCUT2D eigenvalue weighted by atomic mass is 10.0. The molecule has 1 unspecified atom stereocenters. The Bertz CT molecular complexity index is 712. The molecule has 27 heavy (non-hydrogen) atoms. The second-order valence-corrected chi connectivity index (χ2v) is 11.6. The predicted octanol–water partition coefficient (Wildman–Crippen LogP) is 7.04. The van der Waals surface area contributed by atoms with Gasteiger partial charge in [-0.1, -0.05) is 94.6 Å². The molecule has 0 fully saturated rings. The predicted molar refractivity (Wildman–Crippen MR) is 117 cm³/mol. The third kappa shape index (κ3) is 5.68. The molecule has 2 nitrogen and oxygen atoms in total. The van der Waals surface area contributed by atoms with Gasteiger partial charge in [0.15, 0.2) is 0 Å². The Morgan fingerprint density at radius 1 is 0.852 bits per heavy atom. The van der Waals surface area contributed by atoms with Crippen LogP contribution in [0, 0.1) is 0 Å². The molecule has 0 aliphatic heterocycles. The summed E-state index contributed by atoms with van der Waals surface area (Å²) in [5.41, 5.74) is 3.02. The van der Waals surface area contributed by atoms with Crippen LogP contribution in [-0.2, 0) is 15.8 Å². The molecule has 2 aromatic rings. The summed E-state index contributed by atoms with van der Waals surface area (Å²) in [6, 6.07) is 23.6. The molecule has 0 radical (unpaired) electrons. The first-order chi connectivity index (χ1) is 13.0. The third-order valence-electron chi connectivity index (χ3n) is 5.31. The molecule has 2 rings (SSSR count). The molecule has 2 aromatic carbocycles. The zero-order chi connectivity index (χ0) is 19.7. The summed E-state index contributed by atoms with van der Waals surface area (Å²) >= 11 is 0. The maximum absolute atomic E-state index is 6.47. The number of hydrogen-bond acceptors (Lipinski definition) is 2. The molecule has 3 heteroatoms. The first-order valence-electron chi connectivity index (χ1n) is 9.82. The van der Waals surface area contributed by atoms with Gasteiger partial charge in [-0.05, 0) is 29.3 Å². The number of hydrogen-bond donors (Lipinski definition) is 0. The van der Waals surface area contributed by atoms with Gasteiger partial charge in [0.2, 0.25) is 8.32 Å². The van der Waals surface area contributed by atoms with Crippen LogP contribution in [0.3, 0.4) is 0 Å². The molecule has 0 N–H and O–H groups in total. The lowest BCUT2D eigenvalue weighted by molar-refractivity contribution is 0.0626. The SMILES string of the molecule is C=C(O[Si](CC)(CC)CC)C(=C)C(OCc1ccccc1)c1ccccc1. The van der Waals surface area contributed by atoms with E-state index < -0.39 is 8.32 Å². The van der Waals surface area contributed by atoms with Crippen molar-refractivity contribution in [1.82, 2.24) is 0 Å². The van der Waals surface area contributed by atoms with E-state index in [-0.39, 0.29) is 6.10 Å². The molecule has 0 aromatic heterocycles. The van der Waals surface area contributed by atoms with E-state index in [0.29, 0.717) is 12.4 Å². The smallest absolute Gasteiger partial charge is 0.250 e. The molecule has 0 heterocycles. The van der Waals surface area contributed by atoms with Crippen LogP contribution in [-0.4, -0.2) is 8.32 Å². The van der Waals surface area contributed by atoms with Crippen molar-refractivity contribution in [3.05, 3.63) is 96.3 Å². The van der Waals surface area contributed by atoms with Crippen molar-refractivity contribution in [2.75, 3.05) is 0 Å². The second kappa shape index (κ2) is 10.3. The van der Waals surface area contributed by atoms with E-state index >= 15 is 0 Å². The van der Waals surface area contributed by atoms with Crippen molar-refractivity contribution in [2.24, 2.45) is 0 Å². The maximum Gasteiger partial charge on any atom is 0.250 e. The van der Waals surface area contributed by atoms with Crippen LogP contribution in [0.4, 0.5) is 0 Å². The fourth-order valence-corrected chi connectivity index (χ4v) is 5.81. The van der Waals surface area contributed by atoms with Crippen molar-refractivity contribution in [1.29, 1.82) is 0 Å². The molecule has 0 aliphatic rings. The number of rotatable bonds is 11. The molecule has 0 amide bonds. The quantitative estimate of drug-likeness (QED) is 0.236. The third-order valence-corrected chi connectivity index (χ3v) is 9.85. The first-order valence-corrected chi connectivity index (χ1v) is 12.4. The fourth-order valence-electron chi connectivity index (χ4n) is 3.22. The first kappa shape index (κ1) is 21.2. The van der Waals surface area contributed by atoms with Gasteiger partial charge < -0.3 is 9.16 Å². The van der Waals surface area contributed by atoms with Gasteiger partial charge in [0.05, 0.1) is 6.61 Å². The zero-order valence-corrected chi connectivity index (χ0v) is 17.9. The maximum atomic E-state index is 6.47. The highest BCUT2D eigenvalue weighted by Gasteiger charge is 2.32. The van der Waals surface area contributed by atoms with E-state index in [1.54, 1.807) is 0 Å². The van der Waals surface area contributed by atoms with Gasteiger partial charge in [-0.3, -0.25) is 0 Å². The Labute approximate surface area is 165 Å². The van der Waals surface area contributed by atoms with Crippen LogP contribution >= 0.6 is 0 Å². The number of benzene rings is 2. The van der Waals surface area contributed by atoms with Crippen LogP contribution in [0.15, 0.2) is 85.2 Å². The summed E-state index contributed by atoms with van der Waals surface area (Å²) in [5.74, 6) is 0.675. The van der Waals surface area contributed by atoms with Crippen molar-refractivity contribution in [3.63, 3.8) is 0 Å². The molecule has 0 bridgehead atoms. The van der Waals surface area contributed by atoms with Gasteiger partial charge in [0, 0.05) is 5.57 Å². The van der Waals surface area contributed by atoms with Crippen LogP contribution in [0.2, 0.25) is 18.1 Å². The Kier molecular flexibility index (Phi) is 8.08. The largest absolute Gasteiger partial charge is 0.544 e. The van der Waals surface area contributed by atoms with Gasteiger partial charge in [0.1, 0.15) is 11.9 Å². The topological polar surface area (TPSA) is 18.5 Å². The Morgan fingerprint density at radius 3 is 1.89 bits per heavy atom. The van der Waals surface area contributed by atoms with Crippen molar-refractivity contribution >= 4 is 8.32 Å². The molecule has 0 spiro atoms. The second-order valence-electron chi connectivity index (χ2n) is 6.88. The van der Waals surface area contributed by atoms with E-state index in [0.717, 1.165) is 34.8 Å². The van der Waals surface area contributed by atoms with Crippen molar-refractivity contribution < 1.29 is 9.16 Å². The van der Waals surface area contributed by atoms with E-state index in [1.165, 1.54) is 0 Å². The molecule has 0 saturated heterocycles. The van der Waals surface area contributed by atoms with Crippen LogP contribution in [0.1, 0.15) is 38.0 Å². The van der Waals surface area contributed by atoms with Gasteiger partial charge in [-0.15, -0.1) is 0 Å². The van der Waals surface area contributed by atoms with Gasteiger partial charge in [0.25, 0.3) is 0 Å². The highest BCUT2D eigenvalue weighted by molar-refractivity contribution is 6.73. The lowest BCUT2D eigenvalue weighted by Gasteiger charge is -2.32. The normalized spacial score (nSPS) is 12.4. The average molecular weight is 381 g/mol. The van der Waals surface area contributed by atoms with E-state index in [9.17, 15) is 0 Å². The standard InChI is InChI=1S/C24H32O2Si/c1-6-27(7-2,8-3)26-21(5)20(4)24(23-17-13-10-14-18-23)25-19-22-15-11-9-12-16-22/h9-18,24H,4-8,19H2,1-3H3. The van der Waals surface area contributed by atoms with Gasteiger partial charge >= 0.3 is 0 Å². The molecule has 0 saturated carbocycles. The number of ether oxygens (including phenoxy) is 1. The Hall–Kier alpha value is -2.10. The minimum Gasteiger partial charge on any atom is -0.544 e. The monoisotopic (exact) mass is 380 g/mol. The molecular formula is C24H32O2Si.